The summed E-state index contributed by atoms with van der Waals surface area (Å²) < 4.78 is 5.48. The summed E-state index contributed by atoms with van der Waals surface area (Å²) in [4.78, 5) is 4.22. The van der Waals surface area contributed by atoms with Crippen molar-refractivity contribution < 1.29 is 4.74 Å². The van der Waals surface area contributed by atoms with E-state index in [2.05, 4.69) is 16.4 Å². The van der Waals surface area contributed by atoms with Crippen molar-refractivity contribution in [2.75, 3.05) is 6.61 Å². The molecule has 0 radical (unpaired) electrons. The molecule has 1 heterocycles. The van der Waals surface area contributed by atoms with Crippen LogP contribution in [0.25, 0.3) is 0 Å². The maximum absolute atomic E-state index is 8.87. The van der Waals surface area contributed by atoms with Crippen molar-refractivity contribution in [3.8, 4) is 11.9 Å². The van der Waals surface area contributed by atoms with Gasteiger partial charge in [0.05, 0.1) is 18.2 Å². The number of hydrogen-bond acceptors (Lipinski definition) is 4. The summed E-state index contributed by atoms with van der Waals surface area (Å²) in [6.45, 7) is 3.93. The summed E-state index contributed by atoms with van der Waals surface area (Å²) in [5.74, 6) is 0.674. The molecular formula is C16H17N3O. The molecule has 0 atom stereocenters. The molecule has 2 rings (SSSR count). The highest BCUT2D eigenvalue weighted by molar-refractivity contribution is 5.32. The van der Waals surface area contributed by atoms with Crippen LogP contribution in [0.3, 0.4) is 0 Å². The van der Waals surface area contributed by atoms with Gasteiger partial charge in [-0.15, -0.1) is 0 Å². The molecule has 2 aromatic rings. The Hall–Kier alpha value is -2.38. The van der Waals surface area contributed by atoms with Crippen LogP contribution in [0.15, 0.2) is 42.6 Å². The highest BCUT2D eigenvalue weighted by atomic mass is 16.5. The van der Waals surface area contributed by atoms with Gasteiger partial charge in [0.2, 0.25) is 5.88 Å². The van der Waals surface area contributed by atoms with E-state index in [1.165, 1.54) is 0 Å². The molecule has 0 aliphatic carbocycles. The van der Waals surface area contributed by atoms with Crippen molar-refractivity contribution in [1.82, 2.24) is 10.3 Å². The molecule has 1 aromatic carbocycles. The van der Waals surface area contributed by atoms with Gasteiger partial charge in [0, 0.05) is 24.8 Å². The second-order valence-corrected chi connectivity index (χ2v) is 4.32. The van der Waals surface area contributed by atoms with Crippen LogP contribution in [0.1, 0.15) is 23.6 Å². The lowest BCUT2D eigenvalue weighted by atomic mass is 10.1. The average Bonchev–Trinajstić information content (AvgIpc) is 2.49. The van der Waals surface area contributed by atoms with Crippen LogP contribution in [0, 0.1) is 11.3 Å². The Labute approximate surface area is 119 Å². The third-order valence-corrected chi connectivity index (χ3v) is 2.83. The predicted molar refractivity (Wildman–Crippen MR) is 77.1 cm³/mol. The van der Waals surface area contributed by atoms with E-state index < -0.39 is 0 Å². The van der Waals surface area contributed by atoms with Crippen LogP contribution in [0.2, 0.25) is 0 Å². The van der Waals surface area contributed by atoms with Gasteiger partial charge < -0.3 is 10.1 Å². The molecule has 0 unspecified atom stereocenters. The lowest BCUT2D eigenvalue weighted by Crippen LogP contribution is -2.14. The third-order valence-electron chi connectivity index (χ3n) is 2.83. The Bertz CT molecular complexity index is 605. The van der Waals surface area contributed by atoms with Crippen LogP contribution in [-0.2, 0) is 13.1 Å². The molecule has 102 valence electrons. The van der Waals surface area contributed by atoms with Crippen LogP contribution >= 0.6 is 0 Å². The van der Waals surface area contributed by atoms with Gasteiger partial charge in [-0.1, -0.05) is 18.2 Å². The minimum Gasteiger partial charge on any atom is -0.478 e. The molecule has 4 heteroatoms. The van der Waals surface area contributed by atoms with Gasteiger partial charge in [0.25, 0.3) is 0 Å². The number of aromatic nitrogens is 1. The van der Waals surface area contributed by atoms with Crippen molar-refractivity contribution in [2.24, 2.45) is 0 Å². The van der Waals surface area contributed by atoms with E-state index in [1.807, 2.05) is 37.3 Å². The highest BCUT2D eigenvalue weighted by Gasteiger charge is 2.03. The topological polar surface area (TPSA) is 57.9 Å². The number of ether oxygens (including phenoxy) is 1. The van der Waals surface area contributed by atoms with E-state index in [4.69, 9.17) is 10.00 Å². The van der Waals surface area contributed by atoms with E-state index in [-0.39, 0.29) is 0 Å². The monoisotopic (exact) mass is 267 g/mol. The summed E-state index contributed by atoms with van der Waals surface area (Å²) in [6, 6.07) is 13.6. The minimum absolute atomic E-state index is 0.605. The standard InChI is InChI=1S/C16H17N3O/c1-2-20-16-15(7-4-8-19-16)12-18-11-14-6-3-5-13(9-14)10-17/h3-9,18H,2,11-12H2,1H3. The summed E-state index contributed by atoms with van der Waals surface area (Å²) in [5, 5.41) is 12.2. The molecule has 1 aromatic heterocycles. The zero-order chi connectivity index (χ0) is 14.2. The average molecular weight is 267 g/mol. The zero-order valence-electron chi connectivity index (χ0n) is 11.5. The molecule has 0 aliphatic rings. The fraction of sp³-hybridized carbons (Fsp3) is 0.250. The molecule has 20 heavy (non-hydrogen) atoms. The van der Waals surface area contributed by atoms with Gasteiger partial charge in [0.1, 0.15) is 0 Å². The first-order valence-corrected chi connectivity index (χ1v) is 6.60. The lowest BCUT2D eigenvalue weighted by Gasteiger charge is -2.09. The second kappa shape index (κ2) is 7.27. The zero-order valence-corrected chi connectivity index (χ0v) is 11.5. The van der Waals surface area contributed by atoms with Gasteiger partial charge in [-0.2, -0.15) is 5.26 Å². The molecule has 4 nitrogen and oxygen atoms in total. The van der Waals surface area contributed by atoms with Gasteiger partial charge in [-0.3, -0.25) is 0 Å². The Balaban J connectivity index is 1.94. The molecule has 0 saturated carbocycles. The molecule has 0 bridgehead atoms. The summed E-state index contributed by atoms with van der Waals surface area (Å²) in [5.41, 5.74) is 2.80. The van der Waals surface area contributed by atoms with Crippen molar-refractivity contribution in [2.45, 2.75) is 20.0 Å². The fourth-order valence-electron chi connectivity index (χ4n) is 1.92. The van der Waals surface area contributed by atoms with Gasteiger partial charge in [-0.05, 0) is 30.7 Å². The van der Waals surface area contributed by atoms with Crippen LogP contribution in [-0.4, -0.2) is 11.6 Å². The molecule has 0 amide bonds. The van der Waals surface area contributed by atoms with Crippen LogP contribution in [0.4, 0.5) is 0 Å². The number of nitriles is 1. The molecule has 0 aliphatic heterocycles. The Morgan fingerprint density at radius 2 is 2.15 bits per heavy atom. The van der Waals surface area contributed by atoms with Crippen molar-refractivity contribution >= 4 is 0 Å². The van der Waals surface area contributed by atoms with Crippen molar-refractivity contribution in [3.63, 3.8) is 0 Å². The number of pyridine rings is 1. The molecular weight excluding hydrogens is 250 g/mol. The summed E-state index contributed by atoms with van der Waals surface area (Å²) >= 11 is 0. The van der Waals surface area contributed by atoms with Gasteiger partial charge in [0.15, 0.2) is 0 Å². The number of hydrogen-bond donors (Lipinski definition) is 1. The number of nitrogens with one attached hydrogen (secondary N) is 1. The first-order chi connectivity index (χ1) is 9.83. The molecule has 0 saturated heterocycles. The smallest absolute Gasteiger partial charge is 0.217 e. The predicted octanol–water partition coefficient (Wildman–Crippen LogP) is 2.64. The summed E-state index contributed by atoms with van der Waals surface area (Å²) in [7, 11) is 0. The first kappa shape index (κ1) is 14.0. The van der Waals surface area contributed by atoms with E-state index in [0.717, 1.165) is 11.1 Å². The molecule has 0 fully saturated rings. The quantitative estimate of drug-likeness (QED) is 0.874. The highest BCUT2D eigenvalue weighted by Crippen LogP contribution is 2.14. The number of benzene rings is 1. The maximum atomic E-state index is 8.87. The Morgan fingerprint density at radius 1 is 1.25 bits per heavy atom. The van der Waals surface area contributed by atoms with Gasteiger partial charge in [-0.25, -0.2) is 4.98 Å². The van der Waals surface area contributed by atoms with E-state index >= 15 is 0 Å². The Morgan fingerprint density at radius 3 is 2.95 bits per heavy atom. The largest absolute Gasteiger partial charge is 0.478 e. The first-order valence-electron chi connectivity index (χ1n) is 6.60. The van der Waals surface area contributed by atoms with Crippen LogP contribution < -0.4 is 10.1 Å². The lowest BCUT2D eigenvalue weighted by molar-refractivity contribution is 0.322. The molecule has 1 N–H and O–H groups in total. The SMILES string of the molecule is CCOc1ncccc1CNCc1cccc(C#N)c1. The van der Waals surface area contributed by atoms with E-state index in [0.29, 0.717) is 31.1 Å². The van der Waals surface area contributed by atoms with Gasteiger partial charge >= 0.3 is 0 Å². The maximum Gasteiger partial charge on any atom is 0.217 e. The summed E-state index contributed by atoms with van der Waals surface area (Å²) in [6.07, 6.45) is 1.73. The van der Waals surface area contributed by atoms with Crippen LogP contribution in [0.5, 0.6) is 5.88 Å². The Kier molecular flexibility index (Phi) is 5.10. The number of nitrogens with zero attached hydrogens (tertiary/aromatic N) is 2. The third kappa shape index (κ3) is 3.81. The van der Waals surface area contributed by atoms with Crippen molar-refractivity contribution in [3.05, 3.63) is 59.3 Å². The minimum atomic E-state index is 0.605. The molecule has 0 spiro atoms. The second-order valence-electron chi connectivity index (χ2n) is 4.32. The number of rotatable bonds is 6. The fourth-order valence-corrected chi connectivity index (χ4v) is 1.92. The van der Waals surface area contributed by atoms with Crippen molar-refractivity contribution in [1.29, 1.82) is 5.26 Å². The van der Waals surface area contributed by atoms with E-state index in [1.54, 1.807) is 12.3 Å². The normalized spacial score (nSPS) is 10.0. The van der Waals surface area contributed by atoms with E-state index in [9.17, 15) is 0 Å².